The number of nitrogens with one attached hydrogen (secondary N) is 1. The van der Waals surface area contributed by atoms with Gasteiger partial charge in [-0.2, -0.15) is 0 Å². The SMILES string of the molecule is CCOC(=O)c1c(-c2ccc(OC)cc2)csc1NC(=O)COc1cc(Cl)ccc1Cl. The Hall–Kier alpha value is -2.74. The van der Waals surface area contributed by atoms with E-state index in [4.69, 9.17) is 37.4 Å². The molecule has 0 aliphatic rings. The van der Waals surface area contributed by atoms with Crippen molar-refractivity contribution in [3.05, 3.63) is 63.5 Å². The summed E-state index contributed by atoms with van der Waals surface area (Å²) in [5.41, 5.74) is 1.73. The molecule has 0 radical (unpaired) electrons. The number of carbonyl (C=O) groups excluding carboxylic acids is 2. The molecule has 0 spiro atoms. The second-order valence-electron chi connectivity index (χ2n) is 6.21. The highest BCUT2D eigenvalue weighted by Gasteiger charge is 2.23. The maximum Gasteiger partial charge on any atom is 0.341 e. The van der Waals surface area contributed by atoms with Gasteiger partial charge in [0.2, 0.25) is 0 Å². The monoisotopic (exact) mass is 479 g/mol. The summed E-state index contributed by atoms with van der Waals surface area (Å²) in [6.45, 7) is 1.62. The summed E-state index contributed by atoms with van der Waals surface area (Å²) in [4.78, 5) is 25.1. The van der Waals surface area contributed by atoms with E-state index in [0.717, 1.165) is 5.56 Å². The fourth-order valence-electron chi connectivity index (χ4n) is 2.73. The molecule has 1 amide bonds. The fourth-order valence-corrected chi connectivity index (χ4v) is 4.04. The molecule has 0 saturated carbocycles. The molecule has 0 bridgehead atoms. The van der Waals surface area contributed by atoms with Crippen molar-refractivity contribution in [2.75, 3.05) is 25.6 Å². The first-order valence-corrected chi connectivity index (χ1v) is 10.9. The Morgan fingerprint density at radius 2 is 1.84 bits per heavy atom. The summed E-state index contributed by atoms with van der Waals surface area (Å²) in [5, 5.41) is 5.65. The van der Waals surface area contributed by atoms with Crippen LogP contribution in [-0.2, 0) is 9.53 Å². The van der Waals surface area contributed by atoms with Gasteiger partial charge in [0.15, 0.2) is 6.61 Å². The predicted octanol–water partition coefficient (Wildman–Crippen LogP) is 5.92. The molecule has 0 atom stereocenters. The minimum atomic E-state index is -0.524. The highest BCUT2D eigenvalue weighted by molar-refractivity contribution is 7.15. The Labute approximate surface area is 193 Å². The van der Waals surface area contributed by atoms with Crippen molar-refractivity contribution in [2.45, 2.75) is 6.92 Å². The quantitative estimate of drug-likeness (QED) is 0.405. The normalized spacial score (nSPS) is 10.5. The Bertz CT molecular complexity index is 1080. The van der Waals surface area contributed by atoms with Crippen LogP contribution in [0.15, 0.2) is 47.8 Å². The van der Waals surface area contributed by atoms with E-state index in [2.05, 4.69) is 5.32 Å². The number of esters is 1. The Morgan fingerprint density at radius 3 is 2.52 bits per heavy atom. The van der Waals surface area contributed by atoms with E-state index in [9.17, 15) is 9.59 Å². The van der Waals surface area contributed by atoms with Crippen LogP contribution >= 0.6 is 34.5 Å². The van der Waals surface area contributed by atoms with E-state index in [1.165, 1.54) is 17.4 Å². The molecule has 3 rings (SSSR count). The third-order valence-electron chi connectivity index (χ3n) is 4.18. The summed E-state index contributed by atoms with van der Waals surface area (Å²) >= 11 is 13.2. The lowest BCUT2D eigenvalue weighted by Crippen LogP contribution is -2.21. The van der Waals surface area contributed by atoms with Crippen molar-refractivity contribution >= 4 is 51.4 Å². The standard InChI is InChI=1S/C22H19Cl2NO5S/c1-3-29-22(27)20-16(13-4-7-15(28-2)8-5-13)12-31-21(20)25-19(26)11-30-18-10-14(23)6-9-17(18)24/h4-10,12H,3,11H2,1-2H3,(H,25,26). The summed E-state index contributed by atoms with van der Waals surface area (Å²) in [6, 6.07) is 12.0. The number of carbonyl (C=O) groups is 2. The Morgan fingerprint density at radius 1 is 1.10 bits per heavy atom. The predicted molar refractivity (Wildman–Crippen MR) is 123 cm³/mol. The number of methoxy groups -OCH3 is 1. The van der Waals surface area contributed by atoms with Gasteiger partial charge >= 0.3 is 5.97 Å². The number of anilines is 1. The van der Waals surface area contributed by atoms with Gasteiger partial charge in [-0.05, 0) is 36.8 Å². The van der Waals surface area contributed by atoms with Crippen molar-refractivity contribution in [2.24, 2.45) is 0 Å². The lowest BCUT2D eigenvalue weighted by Gasteiger charge is -2.10. The Kier molecular flexibility index (Phi) is 7.79. The molecule has 1 heterocycles. The van der Waals surface area contributed by atoms with Crippen molar-refractivity contribution in [3.8, 4) is 22.6 Å². The van der Waals surface area contributed by atoms with Crippen LogP contribution in [-0.4, -0.2) is 32.2 Å². The number of hydrogen-bond donors (Lipinski definition) is 1. The van der Waals surface area contributed by atoms with Crippen molar-refractivity contribution in [1.29, 1.82) is 0 Å². The van der Waals surface area contributed by atoms with Crippen LogP contribution in [0.1, 0.15) is 17.3 Å². The number of benzene rings is 2. The molecule has 0 aliphatic heterocycles. The molecule has 0 fully saturated rings. The van der Waals surface area contributed by atoms with Crippen LogP contribution in [0.25, 0.3) is 11.1 Å². The van der Waals surface area contributed by atoms with Crippen LogP contribution in [0.4, 0.5) is 5.00 Å². The van der Waals surface area contributed by atoms with Gasteiger partial charge in [0.1, 0.15) is 22.1 Å². The number of ether oxygens (including phenoxy) is 3. The average molecular weight is 480 g/mol. The third kappa shape index (κ3) is 5.70. The molecule has 0 aliphatic carbocycles. The largest absolute Gasteiger partial charge is 0.497 e. The van der Waals surface area contributed by atoms with Gasteiger partial charge in [-0.1, -0.05) is 35.3 Å². The number of halogens is 2. The molecule has 2 aromatic carbocycles. The fraction of sp³-hybridized carbons (Fsp3) is 0.182. The van der Waals surface area contributed by atoms with E-state index in [0.29, 0.717) is 32.1 Å². The summed E-state index contributed by atoms with van der Waals surface area (Å²) in [5.74, 6) is 0.00967. The number of hydrogen-bond acceptors (Lipinski definition) is 6. The van der Waals surface area contributed by atoms with Gasteiger partial charge in [-0.15, -0.1) is 11.3 Å². The van der Waals surface area contributed by atoms with Crippen LogP contribution in [0, 0.1) is 0 Å². The smallest absolute Gasteiger partial charge is 0.341 e. The zero-order chi connectivity index (χ0) is 22.4. The number of thiophene rings is 1. The first-order valence-electron chi connectivity index (χ1n) is 9.23. The van der Waals surface area contributed by atoms with Crippen LogP contribution < -0.4 is 14.8 Å². The van der Waals surface area contributed by atoms with Crippen molar-refractivity contribution in [1.82, 2.24) is 0 Å². The van der Waals surface area contributed by atoms with Crippen LogP contribution in [0.2, 0.25) is 10.0 Å². The zero-order valence-electron chi connectivity index (χ0n) is 16.7. The molecule has 162 valence electrons. The molecule has 1 aromatic heterocycles. The van der Waals surface area contributed by atoms with Gasteiger partial charge in [0.05, 0.1) is 18.7 Å². The lowest BCUT2D eigenvalue weighted by atomic mass is 10.0. The molecule has 31 heavy (non-hydrogen) atoms. The molecule has 0 saturated heterocycles. The van der Waals surface area contributed by atoms with Crippen LogP contribution in [0.5, 0.6) is 11.5 Å². The third-order valence-corrected chi connectivity index (χ3v) is 5.62. The molecule has 1 N–H and O–H groups in total. The van der Waals surface area contributed by atoms with Crippen molar-refractivity contribution in [3.63, 3.8) is 0 Å². The minimum absolute atomic E-state index is 0.209. The topological polar surface area (TPSA) is 73.9 Å². The van der Waals surface area contributed by atoms with Crippen molar-refractivity contribution < 1.29 is 23.8 Å². The zero-order valence-corrected chi connectivity index (χ0v) is 19.1. The number of amides is 1. The van der Waals surface area contributed by atoms with E-state index >= 15 is 0 Å². The van der Waals surface area contributed by atoms with Gasteiger partial charge in [0.25, 0.3) is 5.91 Å². The first kappa shape index (κ1) is 22.9. The Balaban J connectivity index is 1.81. The van der Waals surface area contributed by atoms with Gasteiger partial charge in [0, 0.05) is 22.0 Å². The molecule has 3 aromatic rings. The summed E-state index contributed by atoms with van der Waals surface area (Å²) in [7, 11) is 1.58. The summed E-state index contributed by atoms with van der Waals surface area (Å²) < 4.78 is 15.8. The molecule has 9 heteroatoms. The lowest BCUT2D eigenvalue weighted by molar-refractivity contribution is -0.118. The highest BCUT2D eigenvalue weighted by atomic mass is 35.5. The molecular formula is C22H19Cl2NO5S. The average Bonchev–Trinajstić information content (AvgIpc) is 3.18. The van der Waals surface area contributed by atoms with E-state index in [-0.39, 0.29) is 18.8 Å². The molecule has 0 unspecified atom stereocenters. The van der Waals surface area contributed by atoms with Gasteiger partial charge in [-0.25, -0.2) is 4.79 Å². The van der Waals surface area contributed by atoms with E-state index in [1.807, 2.05) is 12.1 Å². The number of rotatable bonds is 8. The second kappa shape index (κ2) is 10.5. The maximum atomic E-state index is 12.6. The first-order chi connectivity index (χ1) is 14.9. The summed E-state index contributed by atoms with van der Waals surface area (Å²) in [6.07, 6.45) is 0. The molecular weight excluding hydrogens is 461 g/mol. The molecule has 6 nitrogen and oxygen atoms in total. The van der Waals surface area contributed by atoms with Gasteiger partial charge < -0.3 is 19.5 Å². The van der Waals surface area contributed by atoms with Crippen LogP contribution in [0.3, 0.4) is 0 Å². The second-order valence-corrected chi connectivity index (χ2v) is 7.94. The van der Waals surface area contributed by atoms with E-state index < -0.39 is 11.9 Å². The highest BCUT2D eigenvalue weighted by Crippen LogP contribution is 2.37. The van der Waals surface area contributed by atoms with E-state index in [1.54, 1.807) is 43.7 Å². The maximum absolute atomic E-state index is 12.6. The minimum Gasteiger partial charge on any atom is -0.497 e. The van der Waals surface area contributed by atoms with Gasteiger partial charge in [-0.3, -0.25) is 4.79 Å².